The first-order valence-corrected chi connectivity index (χ1v) is 10.2. The normalized spacial score (nSPS) is 16.6. The number of hydrogen-bond donors (Lipinski definition) is 1. The van der Waals surface area contributed by atoms with E-state index in [2.05, 4.69) is 4.98 Å². The minimum atomic E-state index is -0.959. The molecule has 4 rings (SSSR count). The zero-order valence-electron chi connectivity index (χ0n) is 16.9. The Morgan fingerprint density at radius 1 is 1.29 bits per heavy atom. The standard InChI is InChI=1S/C22H20ClN3O5/c1-12(31-13(2)27)22(28)25-10-9-16-15-5-3-4-6-18(15)24-20(16)21(25)14-7-8-19(26(29)30)17(23)11-14/h3-8,11-12,21,24H,9-10H2,1-2H3/t12-,21?/m0/s1. The van der Waals surface area contributed by atoms with Crippen LogP contribution in [0, 0.1) is 10.1 Å². The lowest BCUT2D eigenvalue weighted by Crippen LogP contribution is -2.45. The third-order valence-electron chi connectivity index (χ3n) is 5.49. The quantitative estimate of drug-likeness (QED) is 0.372. The Labute approximate surface area is 182 Å². The molecule has 0 radical (unpaired) electrons. The molecule has 0 saturated carbocycles. The number of carbonyl (C=O) groups excluding carboxylic acids is 2. The van der Waals surface area contributed by atoms with Gasteiger partial charge in [0.25, 0.3) is 11.6 Å². The third kappa shape index (κ3) is 3.74. The molecule has 0 bridgehead atoms. The van der Waals surface area contributed by atoms with Gasteiger partial charge >= 0.3 is 5.97 Å². The lowest BCUT2D eigenvalue weighted by Gasteiger charge is -2.37. The number of amides is 1. The van der Waals surface area contributed by atoms with Gasteiger partial charge in [0, 0.05) is 36.1 Å². The number of aromatic nitrogens is 1. The molecule has 0 fully saturated rings. The zero-order chi connectivity index (χ0) is 22.3. The summed E-state index contributed by atoms with van der Waals surface area (Å²) >= 11 is 6.18. The summed E-state index contributed by atoms with van der Waals surface area (Å²) in [5, 5.41) is 12.2. The Kier molecular flexibility index (Phi) is 5.41. The number of H-pyrrole nitrogens is 1. The topological polar surface area (TPSA) is 106 Å². The van der Waals surface area contributed by atoms with E-state index in [0.29, 0.717) is 18.5 Å². The van der Waals surface area contributed by atoms with Crippen LogP contribution in [0.15, 0.2) is 42.5 Å². The van der Waals surface area contributed by atoms with Gasteiger partial charge in [-0.15, -0.1) is 0 Å². The van der Waals surface area contributed by atoms with Crippen molar-refractivity contribution in [2.75, 3.05) is 6.54 Å². The smallest absolute Gasteiger partial charge is 0.303 e. The summed E-state index contributed by atoms with van der Waals surface area (Å²) in [5.74, 6) is -0.891. The molecule has 2 heterocycles. The van der Waals surface area contributed by atoms with Crippen molar-refractivity contribution >= 4 is 40.1 Å². The van der Waals surface area contributed by atoms with E-state index in [1.54, 1.807) is 11.0 Å². The van der Waals surface area contributed by atoms with Gasteiger partial charge in [0.15, 0.2) is 6.10 Å². The van der Waals surface area contributed by atoms with Crippen molar-refractivity contribution in [1.29, 1.82) is 0 Å². The van der Waals surface area contributed by atoms with Crippen molar-refractivity contribution in [3.8, 4) is 0 Å². The Morgan fingerprint density at radius 3 is 2.71 bits per heavy atom. The highest BCUT2D eigenvalue weighted by atomic mass is 35.5. The summed E-state index contributed by atoms with van der Waals surface area (Å²) in [6.45, 7) is 3.19. The van der Waals surface area contributed by atoms with Gasteiger partial charge in [-0.3, -0.25) is 19.7 Å². The van der Waals surface area contributed by atoms with Crippen molar-refractivity contribution in [2.24, 2.45) is 0 Å². The maximum Gasteiger partial charge on any atom is 0.303 e. The van der Waals surface area contributed by atoms with E-state index in [4.69, 9.17) is 16.3 Å². The van der Waals surface area contributed by atoms with Gasteiger partial charge in [-0.2, -0.15) is 0 Å². The zero-order valence-corrected chi connectivity index (χ0v) is 17.7. The minimum absolute atomic E-state index is 0.00818. The highest BCUT2D eigenvalue weighted by molar-refractivity contribution is 6.32. The predicted molar refractivity (Wildman–Crippen MR) is 115 cm³/mol. The van der Waals surface area contributed by atoms with Gasteiger partial charge in [0.05, 0.1) is 11.0 Å². The largest absolute Gasteiger partial charge is 0.453 e. The SMILES string of the molecule is CC(=O)O[C@@H](C)C(=O)N1CCc2c([nH]c3ccccc23)C1c1ccc([N+](=O)[O-])c(Cl)c1. The van der Waals surface area contributed by atoms with Gasteiger partial charge < -0.3 is 14.6 Å². The number of nitro groups is 1. The highest BCUT2D eigenvalue weighted by Crippen LogP contribution is 2.40. The van der Waals surface area contributed by atoms with Crippen molar-refractivity contribution in [3.05, 3.63) is 74.4 Å². The third-order valence-corrected chi connectivity index (χ3v) is 5.79. The van der Waals surface area contributed by atoms with E-state index in [1.165, 1.54) is 26.0 Å². The molecule has 1 N–H and O–H groups in total. The van der Waals surface area contributed by atoms with Gasteiger partial charge in [-0.1, -0.05) is 29.8 Å². The second kappa shape index (κ2) is 8.03. The monoisotopic (exact) mass is 441 g/mol. The Hall–Kier alpha value is -3.39. The molecule has 0 saturated heterocycles. The van der Waals surface area contributed by atoms with Gasteiger partial charge in [0.2, 0.25) is 0 Å². The van der Waals surface area contributed by atoms with Crippen LogP contribution in [0.5, 0.6) is 0 Å². The van der Waals surface area contributed by atoms with Crippen molar-refractivity contribution in [1.82, 2.24) is 9.88 Å². The molecule has 1 aliphatic rings. The number of esters is 1. The van der Waals surface area contributed by atoms with E-state index < -0.39 is 23.0 Å². The van der Waals surface area contributed by atoms with Crippen molar-refractivity contribution in [3.63, 3.8) is 0 Å². The number of para-hydroxylation sites is 1. The van der Waals surface area contributed by atoms with Crippen LogP contribution < -0.4 is 0 Å². The number of nitrogens with zero attached hydrogens (tertiary/aromatic N) is 2. The molecular formula is C22H20ClN3O5. The van der Waals surface area contributed by atoms with Gasteiger partial charge in [0.1, 0.15) is 5.02 Å². The Bertz CT molecular complexity index is 1210. The predicted octanol–water partition coefficient (Wildman–Crippen LogP) is 4.16. The summed E-state index contributed by atoms with van der Waals surface area (Å²) in [6.07, 6.45) is -0.339. The number of fused-ring (bicyclic) bond motifs is 3. The van der Waals surface area contributed by atoms with E-state index >= 15 is 0 Å². The van der Waals surface area contributed by atoms with Crippen LogP contribution in [-0.2, 0) is 20.7 Å². The molecule has 3 aromatic rings. The first-order chi connectivity index (χ1) is 14.8. The number of nitrogens with one attached hydrogen (secondary N) is 1. The minimum Gasteiger partial charge on any atom is -0.453 e. The molecule has 0 aliphatic carbocycles. The molecule has 31 heavy (non-hydrogen) atoms. The van der Waals surface area contributed by atoms with E-state index in [0.717, 1.165) is 22.2 Å². The van der Waals surface area contributed by atoms with Crippen LogP contribution >= 0.6 is 11.6 Å². The van der Waals surface area contributed by atoms with Crippen molar-refractivity contribution in [2.45, 2.75) is 32.4 Å². The molecule has 1 amide bonds. The first-order valence-electron chi connectivity index (χ1n) is 9.79. The number of rotatable bonds is 4. The Morgan fingerprint density at radius 2 is 2.03 bits per heavy atom. The second-order valence-corrected chi connectivity index (χ2v) is 7.87. The molecule has 160 valence electrons. The molecule has 9 heteroatoms. The fourth-order valence-corrected chi connectivity index (χ4v) is 4.46. The summed E-state index contributed by atoms with van der Waals surface area (Å²) in [7, 11) is 0. The van der Waals surface area contributed by atoms with E-state index in [-0.39, 0.29) is 16.6 Å². The number of nitro benzene ring substituents is 1. The number of halogens is 1. The lowest BCUT2D eigenvalue weighted by molar-refractivity contribution is -0.384. The second-order valence-electron chi connectivity index (χ2n) is 7.47. The average Bonchev–Trinajstić information content (AvgIpc) is 3.10. The van der Waals surface area contributed by atoms with Crippen LogP contribution in [0.2, 0.25) is 5.02 Å². The molecule has 1 unspecified atom stereocenters. The van der Waals surface area contributed by atoms with Crippen LogP contribution in [0.1, 0.15) is 36.7 Å². The van der Waals surface area contributed by atoms with E-state index in [9.17, 15) is 19.7 Å². The Balaban J connectivity index is 1.85. The molecule has 1 aromatic heterocycles. The van der Waals surface area contributed by atoms with Crippen LogP contribution in [0.25, 0.3) is 10.9 Å². The molecule has 1 aliphatic heterocycles. The molecular weight excluding hydrogens is 422 g/mol. The lowest BCUT2D eigenvalue weighted by atomic mass is 9.91. The fraction of sp³-hybridized carbons (Fsp3) is 0.273. The summed E-state index contributed by atoms with van der Waals surface area (Å²) in [4.78, 5) is 40.2. The molecule has 2 aromatic carbocycles. The van der Waals surface area contributed by atoms with Crippen LogP contribution in [0.4, 0.5) is 5.69 Å². The number of ether oxygens (including phenoxy) is 1. The number of benzene rings is 2. The highest BCUT2D eigenvalue weighted by Gasteiger charge is 2.37. The van der Waals surface area contributed by atoms with Crippen LogP contribution in [0.3, 0.4) is 0 Å². The maximum atomic E-state index is 13.2. The van der Waals surface area contributed by atoms with Crippen molar-refractivity contribution < 1.29 is 19.2 Å². The molecule has 2 atom stereocenters. The summed E-state index contributed by atoms with van der Waals surface area (Å²) in [6, 6.07) is 11.8. The molecule has 0 spiro atoms. The molecule has 8 nitrogen and oxygen atoms in total. The van der Waals surface area contributed by atoms with Gasteiger partial charge in [-0.25, -0.2) is 0 Å². The number of aromatic amines is 1. The summed E-state index contributed by atoms with van der Waals surface area (Å²) in [5.41, 5.74) is 3.27. The fourth-order valence-electron chi connectivity index (χ4n) is 4.20. The van der Waals surface area contributed by atoms with E-state index in [1.807, 2.05) is 24.3 Å². The maximum absolute atomic E-state index is 13.2. The summed E-state index contributed by atoms with van der Waals surface area (Å²) < 4.78 is 5.11. The van der Waals surface area contributed by atoms with Gasteiger partial charge in [-0.05, 0) is 42.7 Å². The number of carbonyl (C=O) groups is 2. The first kappa shape index (κ1) is 20.9. The average molecular weight is 442 g/mol. The van der Waals surface area contributed by atoms with Crippen LogP contribution in [-0.4, -0.2) is 39.3 Å². The number of hydrogen-bond acceptors (Lipinski definition) is 5.